The summed E-state index contributed by atoms with van der Waals surface area (Å²) < 4.78 is 19.9. The summed E-state index contributed by atoms with van der Waals surface area (Å²) in [6.45, 7) is 2.47. The molecule has 8 nitrogen and oxygen atoms in total. The van der Waals surface area contributed by atoms with Crippen LogP contribution in [0.25, 0.3) is 22.5 Å². The molecule has 2 aromatic carbocycles. The fourth-order valence-electron chi connectivity index (χ4n) is 5.15. The summed E-state index contributed by atoms with van der Waals surface area (Å²) in [7, 11) is 1.44. The number of aliphatic hydroxyl groups excluding tert-OH is 1. The lowest BCUT2D eigenvalue weighted by Crippen LogP contribution is -2.34. The van der Waals surface area contributed by atoms with Crippen LogP contribution in [0.4, 0.5) is 10.1 Å². The van der Waals surface area contributed by atoms with Gasteiger partial charge in [0.15, 0.2) is 11.6 Å². The summed E-state index contributed by atoms with van der Waals surface area (Å²) in [5, 5.41) is 10.1. The number of ketones is 1. The number of Topliss-reactive ketones (excluding diaryl/α,β-unsaturated/α-hetero) is 1. The normalized spacial score (nSPS) is 16.9. The topological polar surface area (TPSA) is 114 Å². The molecular formula is C30H30FN5O3. The smallest absolute Gasteiger partial charge is 0.185 e. The van der Waals surface area contributed by atoms with Crippen LogP contribution >= 0.6 is 0 Å². The summed E-state index contributed by atoms with van der Waals surface area (Å²) in [5.41, 5.74) is 11.0. The fourth-order valence-corrected chi connectivity index (χ4v) is 5.15. The molecular weight excluding hydrogens is 497 g/mol. The van der Waals surface area contributed by atoms with E-state index < -0.39 is 5.82 Å². The number of benzene rings is 2. The van der Waals surface area contributed by atoms with Crippen LogP contribution in [0.3, 0.4) is 0 Å². The highest BCUT2D eigenvalue weighted by Gasteiger charge is 2.31. The minimum atomic E-state index is -0.539. The third-order valence-corrected chi connectivity index (χ3v) is 7.08. The third kappa shape index (κ3) is 5.36. The lowest BCUT2D eigenvalue weighted by atomic mass is 9.97. The third-order valence-electron chi connectivity index (χ3n) is 7.08. The van der Waals surface area contributed by atoms with Crippen molar-refractivity contribution < 1.29 is 19.0 Å². The fraction of sp³-hybridized carbons (Fsp3) is 0.267. The molecule has 0 amide bonds. The van der Waals surface area contributed by atoms with Crippen LogP contribution in [-0.4, -0.2) is 58.2 Å². The largest absolute Gasteiger partial charge is 0.496 e. The number of aliphatic hydroxyl groups is 1. The van der Waals surface area contributed by atoms with Crippen LogP contribution in [0, 0.1) is 12.7 Å². The van der Waals surface area contributed by atoms with Crippen molar-refractivity contribution in [2.45, 2.75) is 31.8 Å². The van der Waals surface area contributed by atoms with Crippen LogP contribution in [-0.2, 0) is 6.42 Å². The second kappa shape index (κ2) is 11.3. The van der Waals surface area contributed by atoms with E-state index in [1.54, 1.807) is 12.3 Å². The Morgan fingerprint density at radius 1 is 1.15 bits per heavy atom. The molecule has 2 aromatic heterocycles. The zero-order chi connectivity index (χ0) is 27.5. The standard InChI is InChI=1S/C30H30FN5O3/c1-18-23(5-4-11-33-18)19-8-9-20(26(13-19)36-16-21(32)15-22(36)17-37)14-27(38)25-10-12-34-30(35-25)29-24(31)6-3-7-28(29)39-2/h3-13,21-22,37H,14-17,32H2,1-2H3/t21-,22-/m0/s1. The van der Waals surface area contributed by atoms with E-state index in [-0.39, 0.29) is 53.7 Å². The van der Waals surface area contributed by atoms with Crippen molar-refractivity contribution in [2.75, 3.05) is 25.2 Å². The zero-order valence-corrected chi connectivity index (χ0v) is 21.8. The number of anilines is 1. The number of nitrogens with zero attached hydrogens (tertiary/aromatic N) is 4. The van der Waals surface area contributed by atoms with Crippen molar-refractivity contribution in [2.24, 2.45) is 5.73 Å². The van der Waals surface area contributed by atoms with Crippen LogP contribution in [0.15, 0.2) is 67.0 Å². The first-order valence-electron chi connectivity index (χ1n) is 12.8. The molecule has 4 aromatic rings. The number of pyridine rings is 1. The van der Waals surface area contributed by atoms with Crippen LogP contribution in [0.1, 0.15) is 28.2 Å². The average Bonchev–Trinajstić information content (AvgIpc) is 3.33. The van der Waals surface area contributed by atoms with E-state index in [4.69, 9.17) is 10.5 Å². The zero-order valence-electron chi connectivity index (χ0n) is 21.8. The first kappa shape index (κ1) is 26.4. The number of methoxy groups -OCH3 is 1. The van der Waals surface area contributed by atoms with E-state index in [1.165, 1.54) is 31.5 Å². The Hall–Kier alpha value is -4.21. The number of carbonyl (C=O) groups excluding carboxylic acids is 1. The van der Waals surface area contributed by atoms with E-state index in [0.717, 1.165) is 28.1 Å². The predicted molar refractivity (Wildman–Crippen MR) is 147 cm³/mol. The Kier molecular flexibility index (Phi) is 7.63. The summed E-state index contributed by atoms with van der Waals surface area (Å²) in [4.78, 5) is 28.6. The Morgan fingerprint density at radius 3 is 2.77 bits per heavy atom. The second-order valence-corrected chi connectivity index (χ2v) is 9.65. The Bertz CT molecular complexity index is 1510. The number of hydrogen-bond acceptors (Lipinski definition) is 8. The monoisotopic (exact) mass is 527 g/mol. The van der Waals surface area contributed by atoms with Gasteiger partial charge in [-0.3, -0.25) is 9.78 Å². The maximum Gasteiger partial charge on any atom is 0.185 e. The molecule has 0 unspecified atom stereocenters. The molecule has 3 heterocycles. The molecule has 2 atom stereocenters. The molecule has 3 N–H and O–H groups in total. The number of aryl methyl sites for hydroxylation is 1. The summed E-state index contributed by atoms with van der Waals surface area (Å²) in [6.07, 6.45) is 3.90. The van der Waals surface area contributed by atoms with Crippen molar-refractivity contribution in [3.8, 4) is 28.3 Å². The number of hydrogen-bond donors (Lipinski definition) is 2. The molecule has 0 radical (unpaired) electrons. The van der Waals surface area contributed by atoms with E-state index in [0.29, 0.717) is 13.0 Å². The highest BCUT2D eigenvalue weighted by atomic mass is 19.1. The van der Waals surface area contributed by atoms with Crippen molar-refractivity contribution in [3.05, 3.63) is 89.8 Å². The van der Waals surface area contributed by atoms with Gasteiger partial charge < -0.3 is 20.5 Å². The van der Waals surface area contributed by atoms with Gasteiger partial charge in [0.25, 0.3) is 0 Å². The molecule has 0 bridgehead atoms. The average molecular weight is 528 g/mol. The Balaban J connectivity index is 1.52. The minimum Gasteiger partial charge on any atom is -0.496 e. The minimum absolute atomic E-state index is 0.0447. The first-order chi connectivity index (χ1) is 18.9. The van der Waals surface area contributed by atoms with Crippen LogP contribution < -0.4 is 15.4 Å². The molecule has 0 saturated carbocycles. The summed E-state index contributed by atoms with van der Waals surface area (Å²) >= 11 is 0. The van der Waals surface area contributed by atoms with Crippen molar-refractivity contribution in [1.29, 1.82) is 0 Å². The van der Waals surface area contributed by atoms with Gasteiger partial charge in [-0.2, -0.15) is 0 Å². The molecule has 0 aliphatic carbocycles. The summed E-state index contributed by atoms with van der Waals surface area (Å²) in [5.74, 6) is -0.430. The summed E-state index contributed by atoms with van der Waals surface area (Å²) in [6, 6.07) is 15.5. The molecule has 1 saturated heterocycles. The molecule has 1 fully saturated rings. The van der Waals surface area contributed by atoms with Crippen LogP contribution in [0.2, 0.25) is 0 Å². The molecule has 200 valence electrons. The van der Waals surface area contributed by atoms with E-state index in [1.807, 2.05) is 37.3 Å². The first-order valence-corrected chi connectivity index (χ1v) is 12.8. The molecule has 5 rings (SSSR count). The van der Waals surface area contributed by atoms with Gasteiger partial charge in [0.1, 0.15) is 17.3 Å². The van der Waals surface area contributed by atoms with Gasteiger partial charge in [-0.25, -0.2) is 14.4 Å². The lowest BCUT2D eigenvalue weighted by Gasteiger charge is -2.28. The van der Waals surface area contributed by atoms with Crippen LogP contribution in [0.5, 0.6) is 5.75 Å². The number of carbonyl (C=O) groups is 1. The maximum absolute atomic E-state index is 14.7. The van der Waals surface area contributed by atoms with Crippen molar-refractivity contribution >= 4 is 11.5 Å². The molecule has 39 heavy (non-hydrogen) atoms. The Labute approximate surface area is 226 Å². The van der Waals surface area contributed by atoms with Crippen molar-refractivity contribution in [3.63, 3.8) is 0 Å². The van der Waals surface area contributed by atoms with Gasteiger partial charge in [0.05, 0.1) is 25.3 Å². The maximum atomic E-state index is 14.7. The van der Waals surface area contributed by atoms with E-state index in [9.17, 15) is 14.3 Å². The molecule has 9 heteroatoms. The second-order valence-electron chi connectivity index (χ2n) is 9.65. The molecule has 1 aliphatic rings. The number of nitrogens with two attached hydrogens (primary N) is 1. The van der Waals surface area contributed by atoms with Gasteiger partial charge in [0, 0.05) is 48.3 Å². The lowest BCUT2D eigenvalue weighted by molar-refractivity contribution is 0.0988. The number of rotatable bonds is 8. The molecule has 0 spiro atoms. The quantitative estimate of drug-likeness (QED) is 0.331. The number of ether oxygens (including phenoxy) is 1. The van der Waals surface area contributed by atoms with E-state index in [2.05, 4.69) is 19.9 Å². The Morgan fingerprint density at radius 2 is 2.00 bits per heavy atom. The van der Waals surface area contributed by atoms with E-state index >= 15 is 0 Å². The number of aromatic nitrogens is 3. The van der Waals surface area contributed by atoms with Gasteiger partial charge >= 0.3 is 0 Å². The van der Waals surface area contributed by atoms with Gasteiger partial charge in [0.2, 0.25) is 0 Å². The highest BCUT2D eigenvalue weighted by molar-refractivity contribution is 5.97. The van der Waals surface area contributed by atoms with Gasteiger partial charge in [-0.15, -0.1) is 0 Å². The van der Waals surface area contributed by atoms with Crippen molar-refractivity contribution in [1.82, 2.24) is 15.0 Å². The molecule has 1 aliphatic heterocycles. The predicted octanol–water partition coefficient (Wildman–Crippen LogP) is 3.99. The number of halogens is 1. The highest BCUT2D eigenvalue weighted by Crippen LogP contribution is 2.35. The SMILES string of the molecule is COc1cccc(F)c1-c1nccc(C(=O)Cc2ccc(-c3cccnc3C)cc2N2C[C@@H](N)C[C@H]2CO)n1. The van der Waals surface area contributed by atoms with Gasteiger partial charge in [-0.1, -0.05) is 24.3 Å². The van der Waals surface area contributed by atoms with Gasteiger partial charge in [-0.05, 0) is 54.8 Å².